The number of pyridine rings is 1. The van der Waals surface area contributed by atoms with Crippen molar-refractivity contribution in [3.05, 3.63) is 94.8 Å². The number of amides is 1. The van der Waals surface area contributed by atoms with E-state index in [1.54, 1.807) is 18.3 Å². The summed E-state index contributed by atoms with van der Waals surface area (Å²) in [5.74, 6) is -1.68. The van der Waals surface area contributed by atoms with Gasteiger partial charge in [0.15, 0.2) is 0 Å². The Balaban J connectivity index is 1.65. The number of aromatic nitrogens is 3. The summed E-state index contributed by atoms with van der Waals surface area (Å²) < 4.78 is 28.2. The number of nitrogens with zero attached hydrogens (tertiary/aromatic N) is 2. The molecule has 1 atom stereocenters. The van der Waals surface area contributed by atoms with Gasteiger partial charge in [0.05, 0.1) is 28.9 Å². The molecule has 168 valence electrons. The standard InChI is InChI=1S/C24H19ClF2N4O2/c25-21-22(14-7-9-15(26)10-8-14)30-31-23(21)20-18(5-3-6-19(20)27)24(33)29-17(13-32)12-16-4-1-2-11-28-16/h1-11,17,32H,12-13H2,(H,29,33)(H,30,31)/t17-/m1/s1. The van der Waals surface area contributed by atoms with E-state index < -0.39 is 23.6 Å². The van der Waals surface area contributed by atoms with Crippen LogP contribution in [0, 0.1) is 11.6 Å². The number of halogens is 3. The van der Waals surface area contributed by atoms with Gasteiger partial charge in [0.2, 0.25) is 0 Å². The van der Waals surface area contributed by atoms with Gasteiger partial charge in [-0.05, 0) is 48.5 Å². The number of H-pyrrole nitrogens is 1. The fourth-order valence-electron chi connectivity index (χ4n) is 3.46. The van der Waals surface area contributed by atoms with Gasteiger partial charge in [-0.25, -0.2) is 8.78 Å². The molecule has 33 heavy (non-hydrogen) atoms. The van der Waals surface area contributed by atoms with Crippen molar-refractivity contribution < 1.29 is 18.7 Å². The van der Waals surface area contributed by atoms with Gasteiger partial charge in [-0.3, -0.25) is 14.9 Å². The number of hydrogen-bond donors (Lipinski definition) is 3. The number of aromatic amines is 1. The van der Waals surface area contributed by atoms with E-state index in [1.807, 2.05) is 6.07 Å². The Morgan fingerprint density at radius 2 is 1.88 bits per heavy atom. The smallest absolute Gasteiger partial charge is 0.252 e. The lowest BCUT2D eigenvalue weighted by Gasteiger charge is -2.17. The minimum Gasteiger partial charge on any atom is -0.394 e. The van der Waals surface area contributed by atoms with Gasteiger partial charge in [-0.15, -0.1) is 0 Å². The van der Waals surface area contributed by atoms with Crippen molar-refractivity contribution in [2.75, 3.05) is 6.61 Å². The average Bonchev–Trinajstić information content (AvgIpc) is 3.20. The van der Waals surface area contributed by atoms with Gasteiger partial charge < -0.3 is 10.4 Å². The monoisotopic (exact) mass is 468 g/mol. The van der Waals surface area contributed by atoms with Crippen molar-refractivity contribution in [1.29, 1.82) is 0 Å². The van der Waals surface area contributed by atoms with Crippen LogP contribution < -0.4 is 5.32 Å². The van der Waals surface area contributed by atoms with E-state index in [4.69, 9.17) is 11.6 Å². The fourth-order valence-corrected chi connectivity index (χ4v) is 3.74. The molecular weight excluding hydrogens is 450 g/mol. The summed E-state index contributed by atoms with van der Waals surface area (Å²) in [4.78, 5) is 17.2. The number of rotatable bonds is 7. The molecule has 0 fully saturated rings. The van der Waals surface area contributed by atoms with Gasteiger partial charge in [0.1, 0.15) is 17.3 Å². The molecule has 0 radical (unpaired) electrons. The molecule has 0 aliphatic heterocycles. The number of aliphatic hydroxyl groups is 1. The summed E-state index contributed by atoms with van der Waals surface area (Å²) in [5, 5.41) is 19.4. The van der Waals surface area contributed by atoms with E-state index in [9.17, 15) is 18.7 Å². The molecule has 2 heterocycles. The molecule has 4 rings (SSSR count). The zero-order valence-electron chi connectivity index (χ0n) is 17.2. The molecule has 0 aliphatic carbocycles. The van der Waals surface area contributed by atoms with Crippen molar-refractivity contribution in [2.45, 2.75) is 12.5 Å². The molecular formula is C24H19ClF2N4O2. The molecule has 0 unspecified atom stereocenters. The van der Waals surface area contributed by atoms with Gasteiger partial charge in [0, 0.05) is 29.4 Å². The molecule has 0 saturated heterocycles. The first-order valence-corrected chi connectivity index (χ1v) is 10.5. The molecule has 0 aliphatic rings. The van der Waals surface area contributed by atoms with Crippen LogP contribution in [0.2, 0.25) is 5.02 Å². The highest BCUT2D eigenvalue weighted by Gasteiger charge is 2.24. The first-order valence-electron chi connectivity index (χ1n) is 10.1. The lowest BCUT2D eigenvalue weighted by Crippen LogP contribution is -2.39. The summed E-state index contributed by atoms with van der Waals surface area (Å²) in [5.41, 5.74) is 1.59. The molecule has 9 heteroatoms. The van der Waals surface area contributed by atoms with E-state index in [2.05, 4.69) is 20.5 Å². The van der Waals surface area contributed by atoms with Crippen LogP contribution in [0.25, 0.3) is 22.5 Å². The van der Waals surface area contributed by atoms with E-state index in [1.165, 1.54) is 42.5 Å². The van der Waals surface area contributed by atoms with E-state index in [0.29, 0.717) is 23.4 Å². The van der Waals surface area contributed by atoms with Crippen molar-refractivity contribution in [3.63, 3.8) is 0 Å². The van der Waals surface area contributed by atoms with Crippen molar-refractivity contribution >= 4 is 17.5 Å². The number of carbonyl (C=O) groups is 1. The van der Waals surface area contributed by atoms with Crippen LogP contribution in [-0.2, 0) is 6.42 Å². The van der Waals surface area contributed by atoms with Crippen molar-refractivity contribution in [2.24, 2.45) is 0 Å². The normalized spacial score (nSPS) is 11.9. The topological polar surface area (TPSA) is 90.9 Å². The number of aliphatic hydroxyl groups excluding tert-OH is 1. The number of benzene rings is 2. The van der Waals surface area contributed by atoms with Gasteiger partial charge in [-0.2, -0.15) is 5.10 Å². The van der Waals surface area contributed by atoms with Crippen LogP contribution in [0.15, 0.2) is 66.9 Å². The summed E-state index contributed by atoms with van der Waals surface area (Å²) in [7, 11) is 0. The highest BCUT2D eigenvalue weighted by atomic mass is 35.5. The molecule has 0 spiro atoms. The SMILES string of the molecule is O=C(N[C@@H](CO)Cc1ccccn1)c1cccc(F)c1-c1[nH]nc(-c2ccc(F)cc2)c1Cl. The van der Waals surface area contributed by atoms with E-state index in [0.717, 1.165) is 0 Å². The maximum absolute atomic E-state index is 14.9. The molecule has 6 nitrogen and oxygen atoms in total. The third kappa shape index (κ3) is 4.92. The summed E-state index contributed by atoms with van der Waals surface area (Å²) in [6, 6.07) is 14.3. The minimum absolute atomic E-state index is 0.0191. The second kappa shape index (κ2) is 9.89. The lowest BCUT2D eigenvalue weighted by molar-refractivity contribution is 0.0916. The first kappa shape index (κ1) is 22.6. The van der Waals surface area contributed by atoms with E-state index >= 15 is 0 Å². The maximum atomic E-state index is 14.9. The van der Waals surface area contributed by atoms with E-state index in [-0.39, 0.29) is 28.5 Å². The number of carbonyl (C=O) groups excluding carboxylic acids is 1. The zero-order chi connectivity index (χ0) is 23.4. The summed E-state index contributed by atoms with van der Waals surface area (Å²) in [6.45, 7) is -0.327. The molecule has 2 aromatic heterocycles. The average molecular weight is 469 g/mol. The number of nitrogens with one attached hydrogen (secondary N) is 2. The minimum atomic E-state index is -0.677. The quantitative estimate of drug-likeness (QED) is 0.375. The van der Waals surface area contributed by atoms with Gasteiger partial charge in [0.25, 0.3) is 5.91 Å². The third-order valence-corrected chi connectivity index (χ3v) is 5.44. The van der Waals surface area contributed by atoms with Gasteiger partial charge >= 0.3 is 0 Å². The Hall–Kier alpha value is -3.62. The third-order valence-electron chi connectivity index (χ3n) is 5.07. The molecule has 0 bridgehead atoms. The zero-order valence-corrected chi connectivity index (χ0v) is 18.0. The molecule has 1 amide bonds. The molecule has 4 aromatic rings. The Bertz CT molecular complexity index is 1260. The van der Waals surface area contributed by atoms with Crippen LogP contribution in [0.1, 0.15) is 16.1 Å². The predicted molar refractivity (Wildman–Crippen MR) is 121 cm³/mol. The van der Waals surface area contributed by atoms with Crippen LogP contribution in [0.4, 0.5) is 8.78 Å². The lowest BCUT2D eigenvalue weighted by atomic mass is 10.0. The summed E-state index contributed by atoms with van der Waals surface area (Å²) >= 11 is 6.49. The summed E-state index contributed by atoms with van der Waals surface area (Å²) in [6.07, 6.45) is 1.92. The van der Waals surface area contributed by atoms with Crippen molar-refractivity contribution in [3.8, 4) is 22.5 Å². The Morgan fingerprint density at radius 3 is 2.58 bits per heavy atom. The maximum Gasteiger partial charge on any atom is 0.252 e. The van der Waals surface area contributed by atoms with Crippen molar-refractivity contribution in [1.82, 2.24) is 20.5 Å². The van der Waals surface area contributed by atoms with Crippen LogP contribution in [0.3, 0.4) is 0 Å². The van der Waals surface area contributed by atoms with Crippen LogP contribution in [0.5, 0.6) is 0 Å². The Morgan fingerprint density at radius 1 is 1.09 bits per heavy atom. The number of hydrogen-bond acceptors (Lipinski definition) is 4. The fraction of sp³-hybridized carbons (Fsp3) is 0.125. The predicted octanol–water partition coefficient (Wildman–Crippen LogP) is 4.40. The Labute approximate surface area is 193 Å². The largest absolute Gasteiger partial charge is 0.394 e. The second-order valence-corrected chi connectivity index (χ2v) is 7.69. The second-order valence-electron chi connectivity index (χ2n) is 7.31. The Kier molecular flexibility index (Phi) is 6.76. The first-order chi connectivity index (χ1) is 16.0. The molecule has 0 saturated carbocycles. The van der Waals surface area contributed by atoms with Crippen LogP contribution >= 0.6 is 11.6 Å². The highest BCUT2D eigenvalue weighted by Crippen LogP contribution is 2.37. The molecule has 3 N–H and O–H groups in total. The highest BCUT2D eigenvalue weighted by molar-refractivity contribution is 6.35. The van der Waals surface area contributed by atoms with Gasteiger partial charge in [-0.1, -0.05) is 23.7 Å². The van der Waals surface area contributed by atoms with Crippen LogP contribution in [-0.4, -0.2) is 38.8 Å². The molecule has 2 aromatic carbocycles.